The molecule has 1 aromatic heterocycles. The third kappa shape index (κ3) is 2.80. The molecule has 0 aliphatic carbocycles. The minimum absolute atomic E-state index is 0.163. The molecule has 3 nitrogen and oxygen atoms in total. The Morgan fingerprint density at radius 2 is 2.55 bits per heavy atom. The van der Waals surface area contributed by atoms with E-state index in [1.54, 1.807) is 24.4 Å². The van der Waals surface area contributed by atoms with Crippen LogP contribution in [0, 0.1) is 0 Å². The van der Waals surface area contributed by atoms with E-state index in [1.165, 1.54) is 0 Å². The summed E-state index contributed by atoms with van der Waals surface area (Å²) in [5, 5.41) is 8.43. The van der Waals surface area contributed by atoms with E-state index in [0.29, 0.717) is 5.69 Å². The van der Waals surface area contributed by atoms with Crippen LogP contribution < -0.4 is 0 Å². The standard InChI is InChI=1S/C8H9NO2/c10-8(11)5-4-7-3-1-2-6-9-7/h1-3,6H,4-5H2,(H,10,11)/i5D. The predicted molar refractivity (Wildman–Crippen MR) is 40.2 cm³/mol. The minimum Gasteiger partial charge on any atom is -0.481 e. The molecule has 0 aromatic carbocycles. The molecule has 1 heterocycles. The second-order valence-corrected chi connectivity index (χ2v) is 2.07. The summed E-state index contributed by atoms with van der Waals surface area (Å²) < 4.78 is 7.12. The maximum Gasteiger partial charge on any atom is 0.303 e. The van der Waals surface area contributed by atoms with Crippen molar-refractivity contribution in [1.29, 1.82) is 0 Å². The van der Waals surface area contributed by atoms with Crippen molar-refractivity contribution in [2.75, 3.05) is 0 Å². The van der Waals surface area contributed by atoms with E-state index in [0.717, 1.165) is 0 Å². The molecule has 0 amide bonds. The van der Waals surface area contributed by atoms with Crippen LogP contribution in [-0.2, 0) is 11.2 Å². The maximum absolute atomic E-state index is 10.3. The lowest BCUT2D eigenvalue weighted by molar-refractivity contribution is -0.136. The van der Waals surface area contributed by atoms with Crippen LogP contribution in [0.4, 0.5) is 0 Å². The number of carbonyl (C=O) groups is 1. The number of hydrogen-bond acceptors (Lipinski definition) is 2. The Morgan fingerprint density at radius 1 is 1.73 bits per heavy atom. The fourth-order valence-corrected chi connectivity index (χ4v) is 0.711. The van der Waals surface area contributed by atoms with Crippen molar-refractivity contribution in [2.45, 2.75) is 12.8 Å². The quantitative estimate of drug-likeness (QED) is 0.705. The fourth-order valence-electron chi connectivity index (χ4n) is 0.711. The van der Waals surface area contributed by atoms with Gasteiger partial charge in [0.15, 0.2) is 0 Å². The van der Waals surface area contributed by atoms with Crippen molar-refractivity contribution in [1.82, 2.24) is 4.98 Å². The van der Waals surface area contributed by atoms with Crippen LogP contribution in [-0.4, -0.2) is 16.1 Å². The van der Waals surface area contributed by atoms with E-state index >= 15 is 0 Å². The van der Waals surface area contributed by atoms with E-state index in [1.807, 2.05) is 0 Å². The highest BCUT2D eigenvalue weighted by Crippen LogP contribution is 1.97. The van der Waals surface area contributed by atoms with Gasteiger partial charge in [0, 0.05) is 19.7 Å². The van der Waals surface area contributed by atoms with Gasteiger partial charge in [0.25, 0.3) is 0 Å². The molecule has 11 heavy (non-hydrogen) atoms. The molecule has 3 heteroatoms. The number of aromatic nitrogens is 1. The molecule has 0 saturated carbocycles. The second-order valence-electron chi connectivity index (χ2n) is 2.07. The van der Waals surface area contributed by atoms with Gasteiger partial charge in [-0.3, -0.25) is 9.78 Å². The number of nitrogens with zero attached hydrogens (tertiary/aromatic N) is 1. The first-order valence-corrected chi connectivity index (χ1v) is 3.25. The summed E-state index contributed by atoms with van der Waals surface area (Å²) in [6, 6.07) is 5.24. The van der Waals surface area contributed by atoms with E-state index < -0.39 is 12.4 Å². The Balaban J connectivity index is 2.58. The molecule has 1 unspecified atom stereocenters. The highest BCUT2D eigenvalue weighted by Gasteiger charge is 1.97. The normalized spacial score (nSPS) is 13.6. The number of pyridine rings is 1. The molecule has 0 radical (unpaired) electrons. The van der Waals surface area contributed by atoms with Gasteiger partial charge in [-0.25, -0.2) is 0 Å². The lowest BCUT2D eigenvalue weighted by Crippen LogP contribution is -1.98. The Bertz CT molecular complexity index is 263. The van der Waals surface area contributed by atoms with Crippen LogP contribution in [0.3, 0.4) is 0 Å². The molecule has 1 rings (SSSR count). The Kier molecular flexibility index (Phi) is 2.14. The monoisotopic (exact) mass is 152 g/mol. The average molecular weight is 152 g/mol. The topological polar surface area (TPSA) is 50.2 Å². The van der Waals surface area contributed by atoms with Gasteiger partial charge in [0.2, 0.25) is 0 Å². The summed E-state index contributed by atoms with van der Waals surface area (Å²) in [5.74, 6) is -1.11. The molecule has 1 atom stereocenters. The highest BCUT2D eigenvalue weighted by molar-refractivity contribution is 5.66. The SMILES string of the molecule is [2H]C(Cc1ccccn1)C(=O)O. The molecule has 0 bridgehead atoms. The van der Waals surface area contributed by atoms with Crippen LogP contribution in [0.1, 0.15) is 13.5 Å². The zero-order valence-corrected chi connectivity index (χ0v) is 5.90. The van der Waals surface area contributed by atoms with Crippen LogP contribution in [0.25, 0.3) is 0 Å². The van der Waals surface area contributed by atoms with Gasteiger partial charge in [-0.1, -0.05) is 6.07 Å². The van der Waals surface area contributed by atoms with Crippen molar-refractivity contribution in [3.8, 4) is 0 Å². The van der Waals surface area contributed by atoms with Gasteiger partial charge in [-0.2, -0.15) is 0 Å². The van der Waals surface area contributed by atoms with Crippen molar-refractivity contribution in [3.63, 3.8) is 0 Å². The van der Waals surface area contributed by atoms with E-state index in [-0.39, 0.29) is 6.42 Å². The average Bonchev–Trinajstić information content (AvgIpc) is 2.06. The highest BCUT2D eigenvalue weighted by atomic mass is 16.4. The Labute approximate surface area is 66.1 Å². The van der Waals surface area contributed by atoms with Crippen LogP contribution in [0.15, 0.2) is 24.4 Å². The number of rotatable bonds is 3. The number of hydrogen-bond donors (Lipinski definition) is 1. The smallest absolute Gasteiger partial charge is 0.303 e. The van der Waals surface area contributed by atoms with Crippen molar-refractivity contribution < 1.29 is 11.3 Å². The molecule has 0 aliphatic rings. The zero-order chi connectivity index (χ0) is 8.97. The van der Waals surface area contributed by atoms with Crippen molar-refractivity contribution in [2.24, 2.45) is 0 Å². The van der Waals surface area contributed by atoms with E-state index in [4.69, 9.17) is 6.48 Å². The van der Waals surface area contributed by atoms with Gasteiger partial charge in [0.1, 0.15) is 0 Å². The number of aliphatic carboxylic acids is 1. The molecule has 1 aromatic rings. The molecule has 0 fully saturated rings. The van der Waals surface area contributed by atoms with Crippen molar-refractivity contribution >= 4 is 5.97 Å². The third-order valence-corrected chi connectivity index (χ3v) is 1.21. The summed E-state index contributed by atoms with van der Waals surface area (Å²) >= 11 is 0. The third-order valence-electron chi connectivity index (χ3n) is 1.21. The van der Waals surface area contributed by atoms with E-state index in [9.17, 15) is 4.79 Å². The molecule has 58 valence electrons. The molecule has 0 saturated heterocycles. The van der Waals surface area contributed by atoms with Gasteiger partial charge < -0.3 is 5.11 Å². The maximum atomic E-state index is 10.3. The Morgan fingerprint density at radius 3 is 3.09 bits per heavy atom. The summed E-state index contributed by atoms with van der Waals surface area (Å²) in [6.45, 7) is 0. The first kappa shape index (κ1) is 6.34. The lowest BCUT2D eigenvalue weighted by Gasteiger charge is -1.94. The molecular weight excluding hydrogens is 142 g/mol. The van der Waals surface area contributed by atoms with Gasteiger partial charge in [0.05, 0.1) is 6.40 Å². The van der Waals surface area contributed by atoms with Crippen LogP contribution >= 0.6 is 0 Å². The van der Waals surface area contributed by atoms with Crippen LogP contribution in [0.2, 0.25) is 0 Å². The number of carboxylic acids is 1. The zero-order valence-electron chi connectivity index (χ0n) is 6.90. The molecule has 1 N–H and O–H groups in total. The van der Waals surface area contributed by atoms with Crippen molar-refractivity contribution in [3.05, 3.63) is 30.1 Å². The van der Waals surface area contributed by atoms with Gasteiger partial charge in [-0.15, -0.1) is 0 Å². The number of carboxylic acid groups (broad SMARTS) is 1. The molecule has 0 spiro atoms. The first-order valence-electron chi connectivity index (χ1n) is 3.83. The number of aryl methyl sites for hydroxylation is 1. The fraction of sp³-hybridized carbons (Fsp3) is 0.250. The van der Waals surface area contributed by atoms with Crippen LogP contribution in [0.5, 0.6) is 0 Å². The van der Waals surface area contributed by atoms with Gasteiger partial charge in [-0.05, 0) is 12.1 Å². The summed E-state index contributed by atoms with van der Waals surface area (Å²) in [6.07, 6.45) is 0.639. The molecular formula is C8H9NO2. The van der Waals surface area contributed by atoms with E-state index in [2.05, 4.69) is 4.98 Å². The first-order chi connectivity index (χ1) is 5.70. The summed E-state index contributed by atoms with van der Waals surface area (Å²) in [7, 11) is 0. The molecule has 0 aliphatic heterocycles. The minimum atomic E-state index is -1.11. The largest absolute Gasteiger partial charge is 0.481 e. The second kappa shape index (κ2) is 3.71. The lowest BCUT2D eigenvalue weighted by atomic mass is 10.2. The van der Waals surface area contributed by atoms with Gasteiger partial charge >= 0.3 is 5.97 Å². The summed E-state index contributed by atoms with van der Waals surface area (Å²) in [4.78, 5) is 14.2. The Hall–Kier alpha value is -1.38. The predicted octanol–water partition coefficient (Wildman–Crippen LogP) is 1.10. The summed E-state index contributed by atoms with van der Waals surface area (Å²) in [5.41, 5.74) is 0.639.